The smallest absolute Gasteiger partial charge is 0.265 e. The minimum Gasteiger partial charge on any atom is -0.497 e. The average Bonchev–Trinajstić information content (AvgIpc) is 3.20. The number of carbonyl (C=O) groups is 1. The third kappa shape index (κ3) is 4.10. The van der Waals surface area contributed by atoms with Gasteiger partial charge in [0, 0.05) is 29.3 Å². The number of thioether (sulfide) groups is 1. The van der Waals surface area contributed by atoms with Gasteiger partial charge in [-0.25, -0.2) is 14.1 Å². The number of carbonyl (C=O) groups excluding carboxylic acids is 1. The number of ether oxygens (including phenoxy) is 1. The lowest BCUT2D eigenvalue weighted by molar-refractivity contribution is -0.113. The average molecular weight is 490 g/mol. The number of nitrogens with zero attached hydrogens (tertiary/aromatic N) is 4. The Hall–Kier alpha value is -3.59. The molecule has 1 N–H and O–H groups in total. The van der Waals surface area contributed by atoms with E-state index in [9.17, 15) is 9.59 Å². The van der Waals surface area contributed by atoms with Crippen LogP contribution in [0.2, 0.25) is 0 Å². The topological polar surface area (TPSA) is 90.5 Å². The number of methoxy groups -OCH3 is 1. The van der Waals surface area contributed by atoms with E-state index >= 15 is 0 Å². The molecule has 0 atom stereocenters. The van der Waals surface area contributed by atoms with Crippen LogP contribution in [0.1, 0.15) is 31.9 Å². The van der Waals surface area contributed by atoms with Gasteiger partial charge >= 0.3 is 0 Å². The second-order valence-corrected chi connectivity index (χ2v) is 10.1. The Morgan fingerprint density at radius 2 is 2.00 bits per heavy atom. The number of amides is 1. The first-order chi connectivity index (χ1) is 16.8. The van der Waals surface area contributed by atoms with Crippen LogP contribution in [0.5, 0.6) is 5.75 Å². The molecule has 0 aliphatic heterocycles. The van der Waals surface area contributed by atoms with E-state index in [-0.39, 0.29) is 22.6 Å². The van der Waals surface area contributed by atoms with E-state index < -0.39 is 0 Å². The summed E-state index contributed by atoms with van der Waals surface area (Å²) in [5.41, 5.74) is 3.74. The highest BCUT2D eigenvalue weighted by Gasteiger charge is 2.36. The first-order valence-electron chi connectivity index (χ1n) is 11.5. The molecule has 1 aliphatic rings. The molecular weight excluding hydrogens is 462 g/mol. The number of aryl methyl sites for hydroxylation is 1. The summed E-state index contributed by atoms with van der Waals surface area (Å²) in [6.45, 7) is 6.67. The number of anilines is 1. The Kier molecular flexibility index (Phi) is 5.88. The lowest BCUT2D eigenvalue weighted by Gasteiger charge is -2.32. The van der Waals surface area contributed by atoms with Gasteiger partial charge in [0.25, 0.3) is 5.56 Å². The zero-order valence-corrected chi connectivity index (χ0v) is 21.0. The van der Waals surface area contributed by atoms with Gasteiger partial charge in [0.05, 0.1) is 24.1 Å². The van der Waals surface area contributed by atoms with Crippen molar-refractivity contribution in [3.63, 3.8) is 0 Å². The van der Waals surface area contributed by atoms with Gasteiger partial charge in [0.15, 0.2) is 5.16 Å². The van der Waals surface area contributed by atoms with E-state index in [1.54, 1.807) is 28.3 Å². The Morgan fingerprint density at radius 1 is 1.20 bits per heavy atom. The molecule has 0 saturated heterocycles. The highest BCUT2D eigenvalue weighted by atomic mass is 32.2. The molecule has 0 fully saturated rings. The van der Waals surface area contributed by atoms with Crippen molar-refractivity contribution in [2.75, 3.05) is 18.2 Å². The van der Waals surface area contributed by atoms with Gasteiger partial charge in [-0.3, -0.25) is 9.59 Å². The first-order valence-corrected chi connectivity index (χ1v) is 12.5. The molecule has 0 unspecified atom stereocenters. The van der Waals surface area contributed by atoms with Gasteiger partial charge in [0.1, 0.15) is 5.75 Å². The SMILES string of the molecule is CCn1nc(SCC(=O)Nc2cccc(OC)c2)n2c(=O)c3c(nc12)-c1ccccc1CC3(C)C. The molecule has 0 radical (unpaired) electrons. The molecule has 1 amide bonds. The Labute approximate surface area is 207 Å². The summed E-state index contributed by atoms with van der Waals surface area (Å²) >= 11 is 1.22. The zero-order chi connectivity index (χ0) is 24.7. The van der Waals surface area contributed by atoms with Crippen LogP contribution in [0.15, 0.2) is 58.5 Å². The van der Waals surface area contributed by atoms with Crippen molar-refractivity contribution in [3.05, 3.63) is 70.0 Å². The highest BCUT2D eigenvalue weighted by Crippen LogP contribution is 2.40. The molecule has 5 rings (SSSR count). The quantitative estimate of drug-likeness (QED) is 0.409. The highest BCUT2D eigenvalue weighted by molar-refractivity contribution is 7.99. The van der Waals surface area contributed by atoms with Crippen LogP contribution in [0, 0.1) is 0 Å². The van der Waals surface area contributed by atoms with Crippen LogP contribution in [0.4, 0.5) is 5.69 Å². The van der Waals surface area contributed by atoms with Gasteiger partial charge in [-0.15, -0.1) is 5.10 Å². The third-order valence-corrected chi connectivity index (χ3v) is 7.19. The Balaban J connectivity index is 1.52. The predicted molar refractivity (Wildman–Crippen MR) is 137 cm³/mol. The summed E-state index contributed by atoms with van der Waals surface area (Å²) in [6, 6.07) is 15.3. The molecular formula is C26H27N5O3S. The molecule has 0 spiro atoms. The standard InChI is InChI=1S/C26H27N5O3S/c1-5-30-24-28-22-19-12-7-6-9-16(19)14-26(2,3)21(22)23(33)31(24)25(29-30)35-15-20(32)27-17-10-8-11-18(13-17)34-4/h6-13H,5,14-15H2,1-4H3,(H,27,32). The number of benzene rings is 2. The van der Waals surface area contributed by atoms with Crippen LogP contribution >= 0.6 is 11.8 Å². The predicted octanol–water partition coefficient (Wildman–Crippen LogP) is 4.15. The molecule has 8 nitrogen and oxygen atoms in total. The maximum atomic E-state index is 13.9. The fourth-order valence-electron chi connectivity index (χ4n) is 4.66. The number of aromatic nitrogens is 4. The summed E-state index contributed by atoms with van der Waals surface area (Å²) in [5.74, 6) is 1.05. The van der Waals surface area contributed by atoms with E-state index in [0.29, 0.717) is 34.5 Å². The summed E-state index contributed by atoms with van der Waals surface area (Å²) < 4.78 is 8.49. The Bertz CT molecular complexity index is 1500. The van der Waals surface area contributed by atoms with E-state index in [4.69, 9.17) is 9.72 Å². The summed E-state index contributed by atoms with van der Waals surface area (Å²) in [4.78, 5) is 31.5. The van der Waals surface area contributed by atoms with Crippen molar-refractivity contribution in [1.29, 1.82) is 0 Å². The third-order valence-electron chi connectivity index (χ3n) is 6.26. The molecule has 4 aromatic rings. The van der Waals surface area contributed by atoms with Crippen LogP contribution in [0.25, 0.3) is 17.0 Å². The molecule has 9 heteroatoms. The molecule has 0 bridgehead atoms. The minimum atomic E-state index is -0.380. The monoisotopic (exact) mass is 489 g/mol. The summed E-state index contributed by atoms with van der Waals surface area (Å²) in [5, 5.41) is 7.95. The van der Waals surface area contributed by atoms with E-state index in [1.807, 2.05) is 37.3 Å². The van der Waals surface area contributed by atoms with Crippen molar-refractivity contribution in [1.82, 2.24) is 19.2 Å². The summed E-state index contributed by atoms with van der Waals surface area (Å²) in [6.07, 6.45) is 0.756. The number of rotatable bonds is 6. The Morgan fingerprint density at radius 3 is 2.77 bits per heavy atom. The van der Waals surface area contributed by atoms with Crippen molar-refractivity contribution in [2.45, 2.75) is 44.3 Å². The molecule has 2 aromatic carbocycles. The van der Waals surface area contributed by atoms with Crippen LogP contribution in [-0.2, 0) is 23.2 Å². The van der Waals surface area contributed by atoms with E-state index in [1.165, 1.54) is 17.3 Å². The second-order valence-electron chi connectivity index (χ2n) is 9.16. The molecule has 2 aromatic heterocycles. The largest absolute Gasteiger partial charge is 0.497 e. The van der Waals surface area contributed by atoms with Crippen molar-refractivity contribution >= 4 is 29.1 Å². The normalized spacial score (nSPS) is 13.8. The maximum absolute atomic E-state index is 13.9. The number of hydrogen-bond acceptors (Lipinski definition) is 6. The molecule has 35 heavy (non-hydrogen) atoms. The van der Waals surface area contributed by atoms with Gasteiger partial charge in [-0.2, -0.15) is 0 Å². The van der Waals surface area contributed by atoms with E-state index in [2.05, 4.69) is 30.3 Å². The summed E-state index contributed by atoms with van der Waals surface area (Å²) in [7, 11) is 1.58. The zero-order valence-electron chi connectivity index (χ0n) is 20.2. The fraction of sp³-hybridized carbons (Fsp3) is 0.308. The molecule has 1 aliphatic carbocycles. The first kappa shape index (κ1) is 23.2. The number of hydrogen-bond donors (Lipinski definition) is 1. The fourth-order valence-corrected chi connectivity index (χ4v) is 5.44. The molecule has 180 valence electrons. The van der Waals surface area contributed by atoms with Crippen LogP contribution in [0.3, 0.4) is 0 Å². The minimum absolute atomic E-state index is 0.1000. The van der Waals surface area contributed by atoms with Gasteiger partial charge in [0.2, 0.25) is 11.7 Å². The van der Waals surface area contributed by atoms with Crippen molar-refractivity contribution in [3.8, 4) is 17.0 Å². The maximum Gasteiger partial charge on any atom is 0.265 e. The van der Waals surface area contributed by atoms with Crippen LogP contribution < -0.4 is 15.6 Å². The molecule has 2 heterocycles. The lowest BCUT2D eigenvalue weighted by Crippen LogP contribution is -2.36. The van der Waals surface area contributed by atoms with Crippen molar-refractivity contribution in [2.24, 2.45) is 0 Å². The second kappa shape index (κ2) is 8.88. The lowest BCUT2D eigenvalue weighted by atomic mass is 9.72. The van der Waals surface area contributed by atoms with E-state index in [0.717, 1.165) is 17.7 Å². The van der Waals surface area contributed by atoms with Gasteiger partial charge in [-0.1, -0.05) is 55.9 Å². The number of nitrogens with one attached hydrogen (secondary N) is 1. The number of fused-ring (bicyclic) bond motifs is 4. The van der Waals surface area contributed by atoms with Gasteiger partial charge < -0.3 is 10.1 Å². The van der Waals surface area contributed by atoms with Crippen LogP contribution in [-0.4, -0.2) is 37.9 Å². The molecule has 0 saturated carbocycles. The van der Waals surface area contributed by atoms with Crippen molar-refractivity contribution < 1.29 is 9.53 Å². The van der Waals surface area contributed by atoms with Gasteiger partial charge in [-0.05, 0) is 31.0 Å².